The quantitative estimate of drug-likeness (QED) is 0.751. The van der Waals surface area contributed by atoms with Gasteiger partial charge in [0, 0.05) is 19.8 Å². The highest BCUT2D eigenvalue weighted by Gasteiger charge is 2.30. The van der Waals surface area contributed by atoms with E-state index in [1.165, 1.54) is 0 Å². The molecule has 1 aliphatic carbocycles. The van der Waals surface area contributed by atoms with E-state index in [1.807, 2.05) is 30.3 Å². The Bertz CT molecular complexity index is 467. The highest BCUT2D eigenvalue weighted by Crippen LogP contribution is 2.26. The van der Waals surface area contributed by atoms with Gasteiger partial charge in [-0.05, 0) is 30.7 Å². The Hall–Kier alpha value is -1.63. The van der Waals surface area contributed by atoms with E-state index < -0.39 is 6.09 Å². The van der Waals surface area contributed by atoms with Gasteiger partial charge in [0.15, 0.2) is 0 Å². The molecule has 0 unspecified atom stereocenters. The van der Waals surface area contributed by atoms with Gasteiger partial charge in [-0.3, -0.25) is 0 Å². The van der Waals surface area contributed by atoms with E-state index in [0.717, 1.165) is 18.4 Å². The number of alkyl carbamates (subject to hydrolysis) is 1. The van der Waals surface area contributed by atoms with Crippen LogP contribution in [0.4, 0.5) is 4.79 Å². The van der Waals surface area contributed by atoms with Gasteiger partial charge in [0.1, 0.15) is 13.4 Å². The third-order valence-electron chi connectivity index (χ3n) is 3.98. The molecule has 1 aromatic carbocycles. The lowest BCUT2D eigenvalue weighted by molar-refractivity contribution is -0.0945. The molecular weight excluding hydrogens is 298 g/mol. The number of benzene rings is 1. The highest BCUT2D eigenvalue weighted by molar-refractivity contribution is 5.67. The average molecular weight is 323 g/mol. The number of ether oxygens (including phenoxy) is 3. The molecule has 1 amide bonds. The van der Waals surface area contributed by atoms with Crippen molar-refractivity contribution in [1.29, 1.82) is 0 Å². The summed E-state index contributed by atoms with van der Waals surface area (Å²) >= 11 is 0. The molecule has 2 N–H and O–H groups in total. The molecular formula is C17H25NO5. The van der Waals surface area contributed by atoms with Crippen molar-refractivity contribution < 1.29 is 24.1 Å². The molecule has 1 saturated carbocycles. The molecule has 0 spiro atoms. The Morgan fingerprint density at radius 2 is 2.04 bits per heavy atom. The van der Waals surface area contributed by atoms with Crippen LogP contribution in [-0.2, 0) is 20.8 Å². The summed E-state index contributed by atoms with van der Waals surface area (Å²) in [5, 5.41) is 12.3. The molecule has 3 atom stereocenters. The molecule has 0 bridgehead atoms. The lowest BCUT2D eigenvalue weighted by Gasteiger charge is -2.34. The first-order chi connectivity index (χ1) is 11.2. The average Bonchev–Trinajstić information content (AvgIpc) is 2.59. The lowest BCUT2D eigenvalue weighted by atomic mass is 9.84. The van der Waals surface area contributed by atoms with Crippen molar-refractivity contribution in [3.63, 3.8) is 0 Å². The van der Waals surface area contributed by atoms with Crippen LogP contribution < -0.4 is 5.32 Å². The molecule has 0 radical (unpaired) electrons. The van der Waals surface area contributed by atoms with Crippen molar-refractivity contribution in [3.05, 3.63) is 35.9 Å². The van der Waals surface area contributed by atoms with E-state index in [1.54, 1.807) is 7.11 Å². The number of methoxy groups -OCH3 is 1. The van der Waals surface area contributed by atoms with Crippen molar-refractivity contribution in [2.75, 3.05) is 20.5 Å². The molecule has 6 heteroatoms. The number of amides is 1. The first-order valence-electron chi connectivity index (χ1n) is 7.90. The summed E-state index contributed by atoms with van der Waals surface area (Å²) in [4.78, 5) is 11.9. The minimum atomic E-state index is -0.442. The van der Waals surface area contributed by atoms with E-state index >= 15 is 0 Å². The smallest absolute Gasteiger partial charge is 0.407 e. The second-order valence-corrected chi connectivity index (χ2v) is 5.85. The van der Waals surface area contributed by atoms with Gasteiger partial charge in [-0.25, -0.2) is 4.79 Å². The molecule has 0 saturated heterocycles. The Balaban J connectivity index is 1.78. The highest BCUT2D eigenvalue weighted by atomic mass is 16.7. The zero-order valence-corrected chi connectivity index (χ0v) is 13.4. The number of hydrogen-bond acceptors (Lipinski definition) is 5. The van der Waals surface area contributed by atoms with Crippen molar-refractivity contribution in [2.24, 2.45) is 5.92 Å². The van der Waals surface area contributed by atoms with E-state index in [2.05, 4.69) is 5.32 Å². The summed E-state index contributed by atoms with van der Waals surface area (Å²) in [5.74, 6) is 0.116. The van der Waals surface area contributed by atoms with Crippen molar-refractivity contribution >= 4 is 6.09 Å². The standard InChI is InChI=1S/C17H25NO5/c1-21-12-23-16-8-14(10-19)7-15(9-16)18-17(20)22-11-13-5-3-2-4-6-13/h2-6,14-16,19H,7-12H2,1H3,(H,18,20)/t14-,15+,16-/m0/s1. The number of aliphatic hydroxyl groups excluding tert-OH is 1. The fraction of sp³-hybridized carbons (Fsp3) is 0.588. The molecule has 1 fully saturated rings. The predicted molar refractivity (Wildman–Crippen MR) is 84.7 cm³/mol. The van der Waals surface area contributed by atoms with Gasteiger partial charge in [0.25, 0.3) is 0 Å². The predicted octanol–water partition coefficient (Wildman–Crippen LogP) is 2.06. The van der Waals surface area contributed by atoms with E-state index in [0.29, 0.717) is 6.42 Å². The molecule has 128 valence electrons. The lowest BCUT2D eigenvalue weighted by Crippen LogP contribution is -2.44. The van der Waals surface area contributed by atoms with Crippen LogP contribution in [0.3, 0.4) is 0 Å². The van der Waals surface area contributed by atoms with Crippen LogP contribution in [0.1, 0.15) is 24.8 Å². The maximum atomic E-state index is 11.9. The van der Waals surface area contributed by atoms with Crippen LogP contribution >= 0.6 is 0 Å². The van der Waals surface area contributed by atoms with E-state index in [-0.39, 0.29) is 38.1 Å². The van der Waals surface area contributed by atoms with Gasteiger partial charge in [-0.2, -0.15) is 0 Å². The summed E-state index contributed by atoms with van der Waals surface area (Å²) < 4.78 is 15.7. The van der Waals surface area contributed by atoms with Crippen LogP contribution in [0.15, 0.2) is 30.3 Å². The summed E-state index contributed by atoms with van der Waals surface area (Å²) in [7, 11) is 1.57. The minimum absolute atomic E-state index is 0.0275. The zero-order valence-electron chi connectivity index (χ0n) is 13.4. The first-order valence-corrected chi connectivity index (χ1v) is 7.90. The molecule has 1 aromatic rings. The van der Waals surface area contributed by atoms with Crippen LogP contribution in [-0.4, -0.2) is 43.9 Å². The maximum Gasteiger partial charge on any atom is 0.407 e. The number of rotatable bonds is 7. The number of nitrogens with one attached hydrogen (secondary N) is 1. The summed E-state index contributed by atoms with van der Waals surface area (Å²) in [6.07, 6.45) is 1.73. The van der Waals surface area contributed by atoms with E-state index in [9.17, 15) is 9.90 Å². The number of carbonyl (C=O) groups excluding carboxylic acids is 1. The van der Waals surface area contributed by atoms with E-state index in [4.69, 9.17) is 14.2 Å². The summed E-state index contributed by atoms with van der Waals surface area (Å²) in [5.41, 5.74) is 0.945. The zero-order chi connectivity index (χ0) is 16.5. The monoisotopic (exact) mass is 323 g/mol. The minimum Gasteiger partial charge on any atom is -0.445 e. The third-order valence-corrected chi connectivity index (χ3v) is 3.98. The topological polar surface area (TPSA) is 77.0 Å². The Labute approximate surface area is 136 Å². The van der Waals surface area contributed by atoms with Crippen molar-refractivity contribution in [1.82, 2.24) is 5.32 Å². The van der Waals surface area contributed by atoms with Crippen molar-refractivity contribution in [2.45, 2.75) is 38.0 Å². The maximum absolute atomic E-state index is 11.9. The van der Waals surface area contributed by atoms with Gasteiger partial charge < -0.3 is 24.6 Å². The van der Waals surface area contributed by atoms with Crippen LogP contribution in [0.5, 0.6) is 0 Å². The van der Waals surface area contributed by atoms with Crippen molar-refractivity contribution in [3.8, 4) is 0 Å². The van der Waals surface area contributed by atoms with Gasteiger partial charge >= 0.3 is 6.09 Å². The van der Waals surface area contributed by atoms with Gasteiger partial charge in [-0.1, -0.05) is 30.3 Å². The van der Waals surface area contributed by atoms with Crippen LogP contribution in [0.2, 0.25) is 0 Å². The number of hydrogen-bond donors (Lipinski definition) is 2. The fourth-order valence-electron chi connectivity index (χ4n) is 2.88. The SMILES string of the molecule is COCO[C@H]1C[C@@H](CO)C[C@@H](NC(=O)OCc2ccccc2)C1. The molecule has 1 aliphatic rings. The fourth-order valence-corrected chi connectivity index (χ4v) is 2.88. The normalized spacial score (nSPS) is 24.2. The first kappa shape index (κ1) is 17.7. The molecule has 0 heterocycles. The van der Waals surface area contributed by atoms with Gasteiger partial charge in [0.2, 0.25) is 0 Å². The summed E-state index contributed by atoms with van der Waals surface area (Å²) in [6, 6.07) is 9.48. The van der Waals surface area contributed by atoms with Gasteiger partial charge in [0.05, 0.1) is 6.10 Å². The summed E-state index contributed by atoms with van der Waals surface area (Å²) in [6.45, 7) is 0.546. The Kier molecular flexibility index (Phi) is 7.32. The van der Waals surface area contributed by atoms with Crippen LogP contribution in [0, 0.1) is 5.92 Å². The Morgan fingerprint density at radius 3 is 2.74 bits per heavy atom. The van der Waals surface area contributed by atoms with Crippen LogP contribution in [0.25, 0.3) is 0 Å². The second-order valence-electron chi connectivity index (χ2n) is 5.85. The Morgan fingerprint density at radius 1 is 1.26 bits per heavy atom. The molecule has 0 aromatic heterocycles. The molecule has 6 nitrogen and oxygen atoms in total. The molecule has 2 rings (SSSR count). The molecule has 23 heavy (non-hydrogen) atoms. The molecule has 0 aliphatic heterocycles. The third kappa shape index (κ3) is 6.17. The number of aliphatic hydroxyl groups is 1. The van der Waals surface area contributed by atoms with Gasteiger partial charge in [-0.15, -0.1) is 0 Å². The number of carbonyl (C=O) groups is 1. The largest absolute Gasteiger partial charge is 0.445 e. The second kappa shape index (κ2) is 9.50.